The zero-order valence-corrected chi connectivity index (χ0v) is 11.5. The minimum absolute atomic E-state index is 0. The van der Waals surface area contributed by atoms with Crippen molar-refractivity contribution in [3.63, 3.8) is 0 Å². The van der Waals surface area contributed by atoms with Crippen molar-refractivity contribution in [1.29, 1.82) is 0 Å². The quantitative estimate of drug-likeness (QED) is 0.852. The Morgan fingerprint density at radius 2 is 2.19 bits per heavy atom. The molecule has 0 spiro atoms. The van der Waals surface area contributed by atoms with Gasteiger partial charge >= 0.3 is 0 Å². The molecule has 5 heteroatoms. The van der Waals surface area contributed by atoms with Crippen LogP contribution in [0.3, 0.4) is 0 Å². The van der Waals surface area contributed by atoms with E-state index in [1.807, 2.05) is 38.4 Å². The van der Waals surface area contributed by atoms with Gasteiger partial charge in [-0.3, -0.25) is 4.79 Å². The molecule has 1 amide bonds. The fourth-order valence-electron chi connectivity index (χ4n) is 1.18. The minimum Gasteiger partial charge on any atom is -0.354 e. The normalized spacial score (nSPS) is 13.7. The third kappa shape index (κ3) is 4.51. The molecule has 3 nitrogen and oxygen atoms in total. The van der Waals surface area contributed by atoms with Gasteiger partial charge in [0.05, 0.1) is 5.92 Å². The van der Waals surface area contributed by atoms with Crippen molar-refractivity contribution in [1.82, 2.24) is 10.6 Å². The van der Waals surface area contributed by atoms with Crippen LogP contribution < -0.4 is 10.6 Å². The summed E-state index contributed by atoms with van der Waals surface area (Å²) < 4.78 is 0. The van der Waals surface area contributed by atoms with Crippen LogP contribution in [-0.2, 0) is 4.79 Å². The number of hydrogen-bond acceptors (Lipinski definition) is 3. The van der Waals surface area contributed by atoms with Gasteiger partial charge < -0.3 is 10.6 Å². The standard InChI is InChI=1S/C11H18N2OS.ClH/c1-8(12-3)7-13-11(14)9(2)10-5-4-6-15-10;/h4-6,8-9,12H,7H2,1-3H3,(H,13,14);1H. The molecule has 2 N–H and O–H groups in total. The molecule has 1 aromatic rings. The van der Waals surface area contributed by atoms with Crippen LogP contribution in [0.25, 0.3) is 0 Å². The average molecular weight is 263 g/mol. The monoisotopic (exact) mass is 262 g/mol. The van der Waals surface area contributed by atoms with Crippen molar-refractivity contribution in [2.45, 2.75) is 25.8 Å². The molecule has 0 fully saturated rings. The molecule has 92 valence electrons. The van der Waals surface area contributed by atoms with Crippen molar-refractivity contribution >= 4 is 29.7 Å². The number of halogens is 1. The third-order valence-electron chi connectivity index (χ3n) is 2.44. The lowest BCUT2D eigenvalue weighted by molar-refractivity contribution is -0.122. The predicted octanol–water partition coefficient (Wildman–Crippen LogP) is 2.00. The van der Waals surface area contributed by atoms with E-state index in [0.717, 1.165) is 4.88 Å². The lowest BCUT2D eigenvalue weighted by Crippen LogP contribution is -2.38. The second-order valence-electron chi connectivity index (χ2n) is 3.67. The van der Waals surface area contributed by atoms with Crippen LogP contribution in [-0.4, -0.2) is 25.5 Å². The summed E-state index contributed by atoms with van der Waals surface area (Å²) in [6.45, 7) is 4.65. The van der Waals surface area contributed by atoms with Gasteiger partial charge in [0.15, 0.2) is 0 Å². The van der Waals surface area contributed by atoms with Crippen LogP contribution in [0.15, 0.2) is 17.5 Å². The van der Waals surface area contributed by atoms with Crippen molar-refractivity contribution in [3.8, 4) is 0 Å². The fourth-order valence-corrected chi connectivity index (χ4v) is 1.96. The van der Waals surface area contributed by atoms with Gasteiger partial charge in [0.1, 0.15) is 0 Å². The van der Waals surface area contributed by atoms with E-state index < -0.39 is 0 Å². The maximum atomic E-state index is 11.7. The Hall–Kier alpha value is -0.580. The van der Waals surface area contributed by atoms with Crippen molar-refractivity contribution in [2.75, 3.05) is 13.6 Å². The summed E-state index contributed by atoms with van der Waals surface area (Å²) in [5.74, 6) is 0.0496. The van der Waals surface area contributed by atoms with Crippen molar-refractivity contribution < 1.29 is 4.79 Å². The Labute approximate surface area is 107 Å². The molecule has 0 saturated heterocycles. The fraction of sp³-hybridized carbons (Fsp3) is 0.545. The van der Waals surface area contributed by atoms with E-state index in [9.17, 15) is 4.79 Å². The topological polar surface area (TPSA) is 41.1 Å². The van der Waals surface area contributed by atoms with Crippen LogP contribution in [0, 0.1) is 0 Å². The third-order valence-corrected chi connectivity index (χ3v) is 3.49. The van der Waals surface area contributed by atoms with E-state index in [4.69, 9.17) is 0 Å². The van der Waals surface area contributed by atoms with Gasteiger partial charge in [0.2, 0.25) is 5.91 Å². The summed E-state index contributed by atoms with van der Waals surface area (Å²) in [5, 5.41) is 8.00. The smallest absolute Gasteiger partial charge is 0.228 e. The maximum absolute atomic E-state index is 11.7. The molecular formula is C11H19ClN2OS. The summed E-state index contributed by atoms with van der Waals surface area (Å²) >= 11 is 1.62. The molecule has 0 saturated carbocycles. The van der Waals surface area contributed by atoms with Crippen LogP contribution >= 0.6 is 23.7 Å². The molecule has 0 aliphatic rings. The Bertz CT molecular complexity index is 303. The summed E-state index contributed by atoms with van der Waals surface area (Å²) in [6, 6.07) is 4.28. The molecule has 0 aliphatic heterocycles. The first-order chi connectivity index (χ1) is 7.15. The van der Waals surface area contributed by atoms with Gasteiger partial charge in [-0.05, 0) is 32.3 Å². The molecule has 2 unspecified atom stereocenters. The van der Waals surface area contributed by atoms with Crippen LogP contribution in [0.1, 0.15) is 24.6 Å². The van der Waals surface area contributed by atoms with E-state index in [0.29, 0.717) is 12.6 Å². The SMILES string of the molecule is CNC(C)CNC(=O)C(C)c1cccs1.Cl. The highest BCUT2D eigenvalue weighted by atomic mass is 35.5. The molecule has 0 radical (unpaired) electrons. The number of nitrogens with one attached hydrogen (secondary N) is 2. The van der Waals surface area contributed by atoms with Crippen LogP contribution in [0.2, 0.25) is 0 Å². The second kappa shape index (κ2) is 7.65. The number of amides is 1. The van der Waals surface area contributed by atoms with E-state index >= 15 is 0 Å². The Balaban J connectivity index is 0.00000225. The highest BCUT2D eigenvalue weighted by molar-refractivity contribution is 7.10. The van der Waals surface area contributed by atoms with Crippen LogP contribution in [0.5, 0.6) is 0 Å². The molecule has 2 atom stereocenters. The molecule has 0 aromatic carbocycles. The van der Waals surface area contributed by atoms with E-state index in [1.54, 1.807) is 11.3 Å². The average Bonchev–Trinajstić information content (AvgIpc) is 2.77. The summed E-state index contributed by atoms with van der Waals surface area (Å²) in [4.78, 5) is 12.8. The van der Waals surface area contributed by atoms with E-state index in [1.165, 1.54) is 0 Å². The Morgan fingerprint density at radius 3 is 2.69 bits per heavy atom. The number of likely N-dealkylation sites (N-methyl/N-ethyl adjacent to an activating group) is 1. The molecule has 1 heterocycles. The summed E-state index contributed by atoms with van der Waals surface area (Å²) in [5.41, 5.74) is 0. The lowest BCUT2D eigenvalue weighted by Gasteiger charge is -2.14. The number of carbonyl (C=O) groups is 1. The van der Waals surface area contributed by atoms with Gasteiger partial charge in [0, 0.05) is 17.5 Å². The highest BCUT2D eigenvalue weighted by Crippen LogP contribution is 2.20. The molecular weight excluding hydrogens is 244 g/mol. The lowest BCUT2D eigenvalue weighted by atomic mass is 10.1. The van der Waals surface area contributed by atoms with Gasteiger partial charge in [-0.2, -0.15) is 0 Å². The number of rotatable bonds is 5. The second-order valence-corrected chi connectivity index (χ2v) is 4.65. The van der Waals surface area contributed by atoms with E-state index in [2.05, 4.69) is 10.6 Å². The number of thiophene rings is 1. The zero-order valence-electron chi connectivity index (χ0n) is 9.82. The van der Waals surface area contributed by atoms with Gasteiger partial charge in [-0.1, -0.05) is 6.07 Å². The summed E-state index contributed by atoms with van der Waals surface area (Å²) in [6.07, 6.45) is 0. The first kappa shape index (κ1) is 15.4. The maximum Gasteiger partial charge on any atom is 0.228 e. The van der Waals surface area contributed by atoms with Crippen molar-refractivity contribution in [3.05, 3.63) is 22.4 Å². The molecule has 1 aromatic heterocycles. The van der Waals surface area contributed by atoms with Gasteiger partial charge in [-0.25, -0.2) is 0 Å². The molecule has 0 bridgehead atoms. The van der Waals surface area contributed by atoms with Crippen LogP contribution in [0.4, 0.5) is 0 Å². The van der Waals surface area contributed by atoms with Gasteiger partial charge in [-0.15, -0.1) is 23.7 Å². The predicted molar refractivity (Wildman–Crippen MR) is 71.5 cm³/mol. The Morgan fingerprint density at radius 1 is 1.50 bits per heavy atom. The summed E-state index contributed by atoms with van der Waals surface area (Å²) in [7, 11) is 1.89. The van der Waals surface area contributed by atoms with Crippen molar-refractivity contribution in [2.24, 2.45) is 0 Å². The van der Waals surface area contributed by atoms with Gasteiger partial charge in [0.25, 0.3) is 0 Å². The van der Waals surface area contributed by atoms with E-state index in [-0.39, 0.29) is 24.2 Å². The largest absolute Gasteiger partial charge is 0.354 e. The molecule has 16 heavy (non-hydrogen) atoms. The highest BCUT2D eigenvalue weighted by Gasteiger charge is 2.15. The zero-order chi connectivity index (χ0) is 11.3. The first-order valence-corrected chi connectivity index (χ1v) is 6.01. The molecule has 0 aliphatic carbocycles. The molecule has 1 rings (SSSR count). The minimum atomic E-state index is -0.0472. The number of carbonyl (C=O) groups excluding carboxylic acids is 1. The first-order valence-electron chi connectivity index (χ1n) is 5.13. The Kier molecular flexibility index (Phi) is 7.38. The number of hydrogen-bond donors (Lipinski definition) is 2.